The predicted octanol–water partition coefficient (Wildman–Crippen LogP) is 5.92. The van der Waals surface area contributed by atoms with Gasteiger partial charge in [0.1, 0.15) is 5.37 Å². The number of nitrogens with one attached hydrogen (secondary N) is 1. The number of rotatable bonds is 2. The lowest BCUT2D eigenvalue weighted by Gasteiger charge is -2.25. The average Bonchev–Trinajstić information content (AvgIpc) is 3.04. The number of hydrogen-bond donors (Lipinski definition) is 1. The third kappa shape index (κ3) is 4.31. The lowest BCUT2D eigenvalue weighted by molar-refractivity contribution is 0.214. The van der Waals surface area contributed by atoms with Crippen molar-refractivity contribution >= 4 is 35.1 Å². The van der Waals surface area contributed by atoms with E-state index in [4.69, 9.17) is 11.6 Å². The SMILES string of the molecule is CC(C)(C)c1ccc([C@H]2SCCN2C(=O)Nc2cccc(Cl)c2)cc1. The van der Waals surface area contributed by atoms with Gasteiger partial charge in [0.25, 0.3) is 0 Å². The van der Waals surface area contributed by atoms with Crippen LogP contribution in [0.4, 0.5) is 10.5 Å². The van der Waals surface area contributed by atoms with Crippen LogP contribution in [0.25, 0.3) is 0 Å². The van der Waals surface area contributed by atoms with Crippen LogP contribution in [0.1, 0.15) is 37.3 Å². The van der Waals surface area contributed by atoms with Gasteiger partial charge in [-0.25, -0.2) is 4.79 Å². The molecule has 2 amide bonds. The van der Waals surface area contributed by atoms with Gasteiger partial charge in [0.15, 0.2) is 0 Å². The summed E-state index contributed by atoms with van der Waals surface area (Å²) in [6, 6.07) is 15.8. The van der Waals surface area contributed by atoms with Crippen molar-refractivity contribution < 1.29 is 4.79 Å². The van der Waals surface area contributed by atoms with Crippen LogP contribution in [0.2, 0.25) is 5.02 Å². The normalized spacial score (nSPS) is 17.6. The van der Waals surface area contributed by atoms with Crippen molar-refractivity contribution in [2.45, 2.75) is 31.6 Å². The van der Waals surface area contributed by atoms with Gasteiger partial charge in [0.05, 0.1) is 0 Å². The summed E-state index contributed by atoms with van der Waals surface area (Å²) in [5, 5.41) is 3.61. The van der Waals surface area contributed by atoms with Gasteiger partial charge in [-0.1, -0.05) is 62.7 Å². The summed E-state index contributed by atoms with van der Waals surface area (Å²) in [5.74, 6) is 0.939. The van der Waals surface area contributed by atoms with E-state index in [0.29, 0.717) is 5.02 Å². The molecule has 1 aliphatic heterocycles. The molecule has 1 heterocycles. The molecule has 0 aliphatic carbocycles. The standard InChI is InChI=1S/C20H23ClN2OS/c1-20(2,3)15-9-7-14(8-10-15)18-23(11-12-25-18)19(24)22-17-6-4-5-16(21)13-17/h4-10,13,18H,11-12H2,1-3H3,(H,22,24)/t18-/m1/s1. The Morgan fingerprint density at radius 1 is 1.20 bits per heavy atom. The molecule has 25 heavy (non-hydrogen) atoms. The van der Waals surface area contributed by atoms with E-state index in [1.165, 1.54) is 5.56 Å². The lowest BCUT2D eigenvalue weighted by Crippen LogP contribution is -2.34. The number of hydrogen-bond acceptors (Lipinski definition) is 2. The first-order valence-corrected chi connectivity index (χ1v) is 9.82. The van der Waals surface area contributed by atoms with Crippen molar-refractivity contribution in [1.82, 2.24) is 4.90 Å². The zero-order chi connectivity index (χ0) is 18.0. The second-order valence-electron chi connectivity index (χ2n) is 7.23. The number of benzene rings is 2. The molecule has 2 aromatic rings. The molecule has 0 spiro atoms. The molecule has 3 nitrogen and oxygen atoms in total. The monoisotopic (exact) mass is 374 g/mol. The zero-order valence-electron chi connectivity index (χ0n) is 14.8. The van der Waals surface area contributed by atoms with Crippen LogP contribution in [0, 0.1) is 0 Å². The zero-order valence-corrected chi connectivity index (χ0v) is 16.3. The largest absolute Gasteiger partial charge is 0.323 e. The summed E-state index contributed by atoms with van der Waals surface area (Å²) in [5.41, 5.74) is 3.31. The van der Waals surface area contributed by atoms with Gasteiger partial charge in [-0.05, 0) is 34.7 Å². The topological polar surface area (TPSA) is 32.3 Å². The summed E-state index contributed by atoms with van der Waals surface area (Å²) in [6.07, 6.45) is 0. The molecule has 1 aliphatic rings. The highest BCUT2D eigenvalue weighted by molar-refractivity contribution is 7.99. The Morgan fingerprint density at radius 3 is 2.56 bits per heavy atom. The molecule has 0 radical (unpaired) electrons. The fourth-order valence-corrected chi connectivity index (χ4v) is 4.31. The van der Waals surface area contributed by atoms with Crippen LogP contribution in [0.5, 0.6) is 0 Å². The molecule has 5 heteroatoms. The number of carbonyl (C=O) groups is 1. The minimum atomic E-state index is -0.0860. The predicted molar refractivity (Wildman–Crippen MR) is 108 cm³/mol. The molecular formula is C20H23ClN2OS. The lowest BCUT2D eigenvalue weighted by atomic mass is 9.87. The van der Waals surface area contributed by atoms with Crippen LogP contribution in [-0.2, 0) is 5.41 Å². The van der Waals surface area contributed by atoms with Crippen molar-refractivity contribution in [1.29, 1.82) is 0 Å². The van der Waals surface area contributed by atoms with Gasteiger partial charge < -0.3 is 10.2 Å². The maximum Gasteiger partial charge on any atom is 0.323 e. The van der Waals surface area contributed by atoms with E-state index in [-0.39, 0.29) is 16.8 Å². The van der Waals surface area contributed by atoms with Crippen molar-refractivity contribution in [2.24, 2.45) is 0 Å². The summed E-state index contributed by atoms with van der Waals surface area (Å²) in [7, 11) is 0. The van der Waals surface area contributed by atoms with Gasteiger partial charge in [-0.3, -0.25) is 0 Å². The van der Waals surface area contributed by atoms with Crippen LogP contribution in [-0.4, -0.2) is 23.2 Å². The van der Waals surface area contributed by atoms with E-state index in [1.54, 1.807) is 23.9 Å². The highest BCUT2D eigenvalue weighted by Crippen LogP contribution is 2.39. The van der Waals surface area contributed by atoms with Gasteiger partial charge in [-0.15, -0.1) is 11.8 Å². The molecule has 3 rings (SSSR count). The third-order valence-electron chi connectivity index (χ3n) is 4.29. The maximum atomic E-state index is 12.7. The first-order valence-electron chi connectivity index (χ1n) is 8.40. The Hall–Kier alpha value is -1.65. The van der Waals surface area contributed by atoms with E-state index >= 15 is 0 Å². The first-order chi connectivity index (χ1) is 11.8. The number of halogens is 1. The van der Waals surface area contributed by atoms with Crippen LogP contribution in [0.3, 0.4) is 0 Å². The Bertz CT molecular complexity index is 755. The van der Waals surface area contributed by atoms with E-state index in [0.717, 1.165) is 23.5 Å². The van der Waals surface area contributed by atoms with Crippen LogP contribution < -0.4 is 5.32 Å². The highest BCUT2D eigenvalue weighted by atomic mass is 35.5. The molecule has 1 N–H and O–H groups in total. The molecule has 132 valence electrons. The van der Waals surface area contributed by atoms with Gasteiger partial charge in [0, 0.05) is 23.0 Å². The van der Waals surface area contributed by atoms with Crippen molar-refractivity contribution in [3.63, 3.8) is 0 Å². The summed E-state index contributed by atoms with van der Waals surface area (Å²) < 4.78 is 0. The molecule has 0 aromatic heterocycles. The molecule has 1 fully saturated rings. The summed E-state index contributed by atoms with van der Waals surface area (Å²) in [6.45, 7) is 7.36. The fraction of sp³-hybridized carbons (Fsp3) is 0.350. The number of urea groups is 1. The molecular weight excluding hydrogens is 352 g/mol. The second-order valence-corrected chi connectivity index (χ2v) is 8.85. The molecule has 2 aromatic carbocycles. The Kier molecular flexibility index (Phi) is 5.30. The quantitative estimate of drug-likeness (QED) is 0.707. The third-order valence-corrected chi connectivity index (χ3v) is 5.79. The molecule has 0 saturated carbocycles. The molecule has 0 unspecified atom stereocenters. The smallest absolute Gasteiger partial charge is 0.308 e. The molecule has 1 atom stereocenters. The minimum absolute atomic E-state index is 0.0493. The summed E-state index contributed by atoms with van der Waals surface area (Å²) >= 11 is 7.79. The second kappa shape index (κ2) is 7.30. The van der Waals surface area contributed by atoms with E-state index in [2.05, 4.69) is 50.4 Å². The van der Waals surface area contributed by atoms with Crippen molar-refractivity contribution in [2.75, 3.05) is 17.6 Å². The van der Waals surface area contributed by atoms with Crippen LogP contribution in [0.15, 0.2) is 48.5 Å². The maximum absolute atomic E-state index is 12.7. The first kappa shape index (κ1) is 18.2. The molecule has 1 saturated heterocycles. The van der Waals surface area contributed by atoms with E-state index in [9.17, 15) is 4.79 Å². The Morgan fingerprint density at radius 2 is 1.92 bits per heavy atom. The van der Waals surface area contributed by atoms with E-state index < -0.39 is 0 Å². The Labute approximate surface area is 158 Å². The minimum Gasteiger partial charge on any atom is -0.308 e. The summed E-state index contributed by atoms with van der Waals surface area (Å²) in [4.78, 5) is 14.6. The van der Waals surface area contributed by atoms with E-state index in [1.807, 2.05) is 17.0 Å². The average molecular weight is 375 g/mol. The number of thioether (sulfide) groups is 1. The fourth-order valence-electron chi connectivity index (χ4n) is 2.86. The number of nitrogens with zero attached hydrogens (tertiary/aromatic N) is 1. The highest BCUT2D eigenvalue weighted by Gasteiger charge is 2.31. The molecule has 0 bridgehead atoms. The Balaban J connectivity index is 1.74. The van der Waals surface area contributed by atoms with Crippen molar-refractivity contribution in [3.8, 4) is 0 Å². The number of amides is 2. The van der Waals surface area contributed by atoms with Gasteiger partial charge in [0.2, 0.25) is 0 Å². The van der Waals surface area contributed by atoms with Gasteiger partial charge >= 0.3 is 6.03 Å². The van der Waals surface area contributed by atoms with Crippen LogP contribution >= 0.6 is 23.4 Å². The van der Waals surface area contributed by atoms with Gasteiger partial charge in [-0.2, -0.15) is 0 Å². The number of anilines is 1. The van der Waals surface area contributed by atoms with Crippen molar-refractivity contribution in [3.05, 3.63) is 64.7 Å². The number of carbonyl (C=O) groups excluding carboxylic acids is 1.